The summed E-state index contributed by atoms with van der Waals surface area (Å²) in [6.45, 7) is 1.33. The second-order valence-corrected chi connectivity index (χ2v) is 5.71. The van der Waals surface area contributed by atoms with Gasteiger partial charge in [0.15, 0.2) is 0 Å². The molecule has 8 heteroatoms. The lowest BCUT2D eigenvalue weighted by molar-refractivity contribution is 0.0934. The molecule has 130 valence electrons. The van der Waals surface area contributed by atoms with Crippen molar-refractivity contribution in [2.45, 2.75) is 12.5 Å². The minimum absolute atomic E-state index is 0.185. The summed E-state index contributed by atoms with van der Waals surface area (Å²) in [5.41, 5.74) is 0.969. The first-order chi connectivity index (χ1) is 12.1. The topological polar surface area (TPSA) is 87.2 Å². The summed E-state index contributed by atoms with van der Waals surface area (Å²) in [7, 11) is 0. The molecule has 1 saturated heterocycles. The number of urea groups is 1. The van der Waals surface area contributed by atoms with E-state index >= 15 is 0 Å². The largest absolute Gasteiger partial charge is 0.349 e. The van der Waals surface area contributed by atoms with Gasteiger partial charge < -0.3 is 15.5 Å². The number of amides is 3. The summed E-state index contributed by atoms with van der Waals surface area (Å²) in [6.07, 6.45) is 4.73. The van der Waals surface area contributed by atoms with Gasteiger partial charge in [-0.25, -0.2) is 14.2 Å². The normalized spacial score (nSPS) is 14.9. The first-order valence-corrected chi connectivity index (χ1v) is 7.96. The monoisotopic (exact) mass is 343 g/mol. The van der Waals surface area contributed by atoms with Crippen molar-refractivity contribution in [1.82, 2.24) is 25.5 Å². The molecule has 7 nitrogen and oxygen atoms in total. The van der Waals surface area contributed by atoms with Crippen LogP contribution in [0.5, 0.6) is 0 Å². The lowest BCUT2D eigenvalue weighted by Crippen LogP contribution is -2.46. The highest BCUT2D eigenvalue weighted by molar-refractivity contribution is 5.91. The van der Waals surface area contributed by atoms with E-state index in [1.165, 1.54) is 30.7 Å². The minimum Gasteiger partial charge on any atom is -0.349 e. The van der Waals surface area contributed by atoms with Crippen molar-refractivity contribution in [2.24, 2.45) is 0 Å². The fourth-order valence-corrected chi connectivity index (χ4v) is 2.78. The molecule has 3 amide bonds. The van der Waals surface area contributed by atoms with Gasteiger partial charge in [-0.2, -0.15) is 0 Å². The Morgan fingerprint density at radius 1 is 1.40 bits per heavy atom. The number of aromatic nitrogens is 2. The van der Waals surface area contributed by atoms with E-state index in [1.807, 2.05) is 0 Å². The molecule has 0 saturated carbocycles. The van der Waals surface area contributed by atoms with Crippen molar-refractivity contribution in [1.29, 1.82) is 0 Å². The fraction of sp³-hybridized carbons (Fsp3) is 0.294. The fourth-order valence-electron chi connectivity index (χ4n) is 2.78. The molecule has 1 aliphatic rings. The van der Waals surface area contributed by atoms with Crippen molar-refractivity contribution in [3.63, 3.8) is 0 Å². The van der Waals surface area contributed by atoms with Gasteiger partial charge in [0.25, 0.3) is 5.91 Å². The maximum Gasteiger partial charge on any atom is 0.317 e. The number of hydrogen-bond donors (Lipinski definition) is 2. The van der Waals surface area contributed by atoms with Gasteiger partial charge in [0.1, 0.15) is 11.5 Å². The number of hydrogen-bond acceptors (Lipinski definition) is 4. The summed E-state index contributed by atoms with van der Waals surface area (Å²) in [6, 6.07) is 5.76. The summed E-state index contributed by atoms with van der Waals surface area (Å²) in [5, 5.41) is 5.52. The number of carbonyl (C=O) groups is 2. The maximum absolute atomic E-state index is 13.4. The highest BCUT2D eigenvalue weighted by Crippen LogP contribution is 2.13. The number of nitrogens with zero attached hydrogens (tertiary/aromatic N) is 3. The Kier molecular flexibility index (Phi) is 5.17. The second-order valence-electron chi connectivity index (χ2n) is 5.71. The SMILES string of the molecule is O=C(NC[C@H](Cc1cccc(F)c1)N1CCNC1=O)c1cnccn1. The van der Waals surface area contributed by atoms with Crippen molar-refractivity contribution < 1.29 is 14.0 Å². The Hall–Kier alpha value is -3.03. The van der Waals surface area contributed by atoms with Crippen molar-refractivity contribution in [3.05, 3.63) is 59.9 Å². The molecule has 1 aromatic carbocycles. The maximum atomic E-state index is 13.4. The average Bonchev–Trinajstić information content (AvgIpc) is 3.05. The Balaban J connectivity index is 1.70. The molecule has 0 spiro atoms. The number of nitrogens with one attached hydrogen (secondary N) is 2. The summed E-state index contributed by atoms with van der Waals surface area (Å²) in [4.78, 5) is 33.6. The highest BCUT2D eigenvalue weighted by Gasteiger charge is 2.28. The van der Waals surface area contributed by atoms with Gasteiger partial charge in [0, 0.05) is 32.0 Å². The van der Waals surface area contributed by atoms with Crippen molar-refractivity contribution in [2.75, 3.05) is 19.6 Å². The number of benzene rings is 1. The third kappa shape index (κ3) is 4.28. The number of rotatable bonds is 6. The van der Waals surface area contributed by atoms with E-state index in [0.717, 1.165) is 5.56 Å². The van der Waals surface area contributed by atoms with E-state index in [-0.39, 0.29) is 36.0 Å². The van der Waals surface area contributed by atoms with Gasteiger partial charge >= 0.3 is 6.03 Å². The molecule has 2 N–H and O–H groups in total. The molecule has 0 aliphatic carbocycles. The van der Waals surface area contributed by atoms with E-state index < -0.39 is 0 Å². The molecule has 2 heterocycles. The molecule has 1 atom stereocenters. The van der Waals surface area contributed by atoms with Gasteiger partial charge in [-0.1, -0.05) is 12.1 Å². The standard InChI is InChI=1S/C17H18FN5O2/c18-13-3-1-2-12(8-13)9-14(23-7-6-21-17(23)25)10-22-16(24)15-11-19-4-5-20-15/h1-5,8,11,14H,6-7,9-10H2,(H,21,25)(H,22,24)/t14-/m0/s1. The Bertz CT molecular complexity index is 756. The van der Waals surface area contributed by atoms with Crippen LogP contribution in [0, 0.1) is 5.82 Å². The molecular weight excluding hydrogens is 325 g/mol. The predicted molar refractivity (Wildman–Crippen MR) is 88.4 cm³/mol. The van der Waals surface area contributed by atoms with Gasteiger partial charge in [0.2, 0.25) is 0 Å². The smallest absolute Gasteiger partial charge is 0.317 e. The van der Waals surface area contributed by atoms with Crippen LogP contribution in [0.2, 0.25) is 0 Å². The molecule has 1 fully saturated rings. The third-order valence-electron chi connectivity index (χ3n) is 3.98. The molecular formula is C17H18FN5O2. The van der Waals surface area contributed by atoms with Crippen molar-refractivity contribution in [3.8, 4) is 0 Å². The zero-order valence-electron chi connectivity index (χ0n) is 13.5. The molecule has 0 radical (unpaired) electrons. The summed E-state index contributed by atoms with van der Waals surface area (Å²) in [5.74, 6) is -0.692. The van der Waals surface area contributed by atoms with Crippen LogP contribution >= 0.6 is 0 Å². The van der Waals surface area contributed by atoms with Gasteiger partial charge in [0.05, 0.1) is 12.2 Å². The lowest BCUT2D eigenvalue weighted by atomic mass is 10.0. The van der Waals surface area contributed by atoms with Crippen molar-refractivity contribution >= 4 is 11.9 Å². The quantitative estimate of drug-likeness (QED) is 0.819. The molecule has 0 bridgehead atoms. The van der Waals surface area contributed by atoms with E-state index in [4.69, 9.17) is 0 Å². The zero-order valence-corrected chi connectivity index (χ0v) is 13.5. The Labute approximate surface area is 144 Å². The summed E-state index contributed by atoms with van der Waals surface area (Å²) >= 11 is 0. The number of carbonyl (C=O) groups excluding carboxylic acids is 2. The lowest BCUT2D eigenvalue weighted by Gasteiger charge is -2.27. The van der Waals surface area contributed by atoms with Crippen LogP contribution in [0.4, 0.5) is 9.18 Å². The highest BCUT2D eigenvalue weighted by atomic mass is 19.1. The van der Waals surface area contributed by atoms with Gasteiger partial charge in [-0.15, -0.1) is 0 Å². The van der Waals surface area contributed by atoms with Crippen LogP contribution in [-0.2, 0) is 6.42 Å². The molecule has 1 aliphatic heterocycles. The second kappa shape index (κ2) is 7.69. The van der Waals surface area contributed by atoms with Crippen LogP contribution in [-0.4, -0.2) is 52.5 Å². The van der Waals surface area contributed by atoms with Crippen LogP contribution in [0.25, 0.3) is 0 Å². The van der Waals surface area contributed by atoms with E-state index in [1.54, 1.807) is 17.0 Å². The first-order valence-electron chi connectivity index (χ1n) is 7.96. The van der Waals surface area contributed by atoms with Crippen LogP contribution in [0.1, 0.15) is 16.1 Å². The van der Waals surface area contributed by atoms with E-state index in [9.17, 15) is 14.0 Å². The first kappa shape index (κ1) is 16.8. The van der Waals surface area contributed by atoms with E-state index in [2.05, 4.69) is 20.6 Å². The predicted octanol–water partition coefficient (Wildman–Crippen LogP) is 0.982. The van der Waals surface area contributed by atoms with Gasteiger partial charge in [-0.05, 0) is 24.1 Å². The zero-order chi connectivity index (χ0) is 17.6. The van der Waals surface area contributed by atoms with Crippen LogP contribution in [0.15, 0.2) is 42.9 Å². The average molecular weight is 343 g/mol. The molecule has 3 rings (SSSR count). The Morgan fingerprint density at radius 3 is 2.96 bits per heavy atom. The number of halogens is 1. The molecule has 2 aromatic rings. The molecule has 1 aromatic heterocycles. The minimum atomic E-state index is -0.364. The van der Waals surface area contributed by atoms with Crippen LogP contribution < -0.4 is 10.6 Å². The Morgan fingerprint density at radius 2 is 2.28 bits per heavy atom. The molecule has 0 unspecified atom stereocenters. The summed E-state index contributed by atoms with van der Waals surface area (Å²) < 4.78 is 13.4. The van der Waals surface area contributed by atoms with Gasteiger partial charge in [-0.3, -0.25) is 9.78 Å². The van der Waals surface area contributed by atoms with Crippen LogP contribution in [0.3, 0.4) is 0 Å². The third-order valence-corrected chi connectivity index (χ3v) is 3.98. The molecule has 25 heavy (non-hydrogen) atoms. The van der Waals surface area contributed by atoms with E-state index in [0.29, 0.717) is 19.5 Å².